The first-order valence-electron chi connectivity index (χ1n) is 7.34. The van der Waals surface area contributed by atoms with Crippen molar-refractivity contribution in [3.63, 3.8) is 0 Å². The van der Waals surface area contributed by atoms with E-state index in [1.54, 1.807) is 18.2 Å². The summed E-state index contributed by atoms with van der Waals surface area (Å²) in [5.41, 5.74) is 0.580. The summed E-state index contributed by atoms with van der Waals surface area (Å²) in [5.74, 6) is 0.697. The third kappa shape index (κ3) is 4.35. The van der Waals surface area contributed by atoms with E-state index in [1.165, 1.54) is 11.4 Å². The molecule has 1 aromatic rings. The molecule has 2 rings (SSSR count). The first kappa shape index (κ1) is 17.5. The highest BCUT2D eigenvalue weighted by atomic mass is 35.5. The van der Waals surface area contributed by atoms with Crippen LogP contribution in [0.4, 0.5) is 0 Å². The van der Waals surface area contributed by atoms with Crippen molar-refractivity contribution in [1.82, 2.24) is 4.31 Å². The Balaban J connectivity index is 2.16. The Morgan fingerprint density at radius 2 is 2.23 bits per heavy atom. The van der Waals surface area contributed by atoms with Gasteiger partial charge in [0.1, 0.15) is 5.75 Å². The van der Waals surface area contributed by atoms with Crippen LogP contribution in [0.2, 0.25) is 5.02 Å². The molecule has 0 aliphatic carbocycles. The molecular weight excluding hydrogens is 326 g/mol. The van der Waals surface area contributed by atoms with Crippen LogP contribution >= 0.6 is 11.6 Å². The smallest absolute Gasteiger partial charge is 0.218 e. The van der Waals surface area contributed by atoms with Crippen LogP contribution in [0.3, 0.4) is 0 Å². The van der Waals surface area contributed by atoms with Crippen LogP contribution in [0.25, 0.3) is 0 Å². The standard InChI is InChI=1S/C15H22ClNO4S/c1-3-17(9-12-6-7-21-10-12)22(18,19)11-13-8-14(16)4-5-15(13)20-2/h4-5,8,12H,3,6-7,9-11H2,1-2H3/t12-/m0/s1. The number of nitrogens with zero attached hydrogens (tertiary/aromatic N) is 1. The molecule has 1 aliphatic rings. The fourth-order valence-electron chi connectivity index (χ4n) is 2.60. The monoisotopic (exact) mass is 347 g/mol. The molecular formula is C15H22ClNO4S. The summed E-state index contributed by atoms with van der Waals surface area (Å²) >= 11 is 5.97. The lowest BCUT2D eigenvalue weighted by Gasteiger charge is -2.23. The highest BCUT2D eigenvalue weighted by molar-refractivity contribution is 7.88. The molecule has 5 nitrogen and oxygen atoms in total. The summed E-state index contributed by atoms with van der Waals surface area (Å²) in [4.78, 5) is 0. The van der Waals surface area contributed by atoms with Gasteiger partial charge in [0.15, 0.2) is 0 Å². The molecule has 7 heteroatoms. The highest BCUT2D eigenvalue weighted by Crippen LogP contribution is 2.26. The van der Waals surface area contributed by atoms with Crippen LogP contribution in [0.5, 0.6) is 5.75 Å². The van der Waals surface area contributed by atoms with Crippen molar-refractivity contribution in [2.24, 2.45) is 5.92 Å². The molecule has 1 saturated heterocycles. The van der Waals surface area contributed by atoms with E-state index in [1.807, 2.05) is 6.92 Å². The molecule has 0 saturated carbocycles. The first-order chi connectivity index (χ1) is 10.5. The van der Waals surface area contributed by atoms with E-state index < -0.39 is 10.0 Å². The van der Waals surface area contributed by atoms with Crippen molar-refractivity contribution in [2.75, 3.05) is 33.4 Å². The van der Waals surface area contributed by atoms with Crippen LogP contribution in [0, 0.1) is 5.92 Å². The van der Waals surface area contributed by atoms with Crippen molar-refractivity contribution >= 4 is 21.6 Å². The largest absolute Gasteiger partial charge is 0.496 e. The molecule has 1 aromatic carbocycles. The Labute approximate surface area is 137 Å². The fourth-order valence-corrected chi connectivity index (χ4v) is 4.43. The zero-order valence-corrected chi connectivity index (χ0v) is 14.5. The summed E-state index contributed by atoms with van der Waals surface area (Å²) < 4.78 is 37.4. The Bertz CT molecular complexity index is 600. The molecule has 22 heavy (non-hydrogen) atoms. The van der Waals surface area contributed by atoms with Crippen LogP contribution in [0.15, 0.2) is 18.2 Å². The van der Waals surface area contributed by atoms with Crippen molar-refractivity contribution in [2.45, 2.75) is 19.1 Å². The lowest BCUT2D eigenvalue weighted by Crippen LogP contribution is -2.36. The van der Waals surface area contributed by atoms with E-state index in [4.69, 9.17) is 21.1 Å². The number of sulfonamides is 1. The molecule has 0 N–H and O–H groups in total. The Hall–Kier alpha value is -0.820. The average Bonchev–Trinajstić information content (AvgIpc) is 2.97. The van der Waals surface area contributed by atoms with Crippen LogP contribution in [0.1, 0.15) is 18.9 Å². The Morgan fingerprint density at radius 1 is 1.45 bits per heavy atom. The zero-order chi connectivity index (χ0) is 16.2. The second-order valence-corrected chi connectivity index (χ2v) is 7.80. The van der Waals surface area contributed by atoms with Crippen molar-refractivity contribution in [3.05, 3.63) is 28.8 Å². The topological polar surface area (TPSA) is 55.8 Å². The Morgan fingerprint density at radius 3 is 2.82 bits per heavy atom. The van der Waals surface area contributed by atoms with Crippen LogP contribution < -0.4 is 4.74 Å². The van der Waals surface area contributed by atoms with Gasteiger partial charge >= 0.3 is 0 Å². The predicted molar refractivity (Wildman–Crippen MR) is 86.8 cm³/mol. The van der Waals surface area contributed by atoms with Crippen LogP contribution in [-0.4, -0.2) is 46.1 Å². The number of ether oxygens (including phenoxy) is 2. The molecule has 0 aromatic heterocycles. The minimum Gasteiger partial charge on any atom is -0.496 e. The SMILES string of the molecule is CCN(C[C@@H]1CCOC1)S(=O)(=O)Cc1cc(Cl)ccc1OC. The normalized spacial score (nSPS) is 18.8. The van der Waals surface area contributed by atoms with Gasteiger partial charge in [0.2, 0.25) is 10.0 Å². The van der Waals surface area contributed by atoms with Crippen molar-refractivity contribution < 1.29 is 17.9 Å². The number of methoxy groups -OCH3 is 1. The van der Waals surface area contributed by atoms with Gasteiger partial charge in [-0.3, -0.25) is 0 Å². The van der Waals surface area contributed by atoms with Gasteiger partial charge in [-0.05, 0) is 30.5 Å². The van der Waals surface area contributed by atoms with Gasteiger partial charge < -0.3 is 9.47 Å². The quantitative estimate of drug-likeness (QED) is 0.760. The van der Waals surface area contributed by atoms with Gasteiger partial charge in [-0.2, -0.15) is 0 Å². The van der Waals surface area contributed by atoms with E-state index in [-0.39, 0.29) is 11.7 Å². The molecule has 124 valence electrons. The number of benzene rings is 1. The highest BCUT2D eigenvalue weighted by Gasteiger charge is 2.27. The summed E-state index contributed by atoms with van der Waals surface area (Å²) in [6.07, 6.45) is 0.909. The van der Waals surface area contributed by atoms with Crippen LogP contribution in [-0.2, 0) is 20.5 Å². The minimum atomic E-state index is -3.42. The number of hydrogen-bond donors (Lipinski definition) is 0. The molecule has 0 amide bonds. The third-order valence-electron chi connectivity index (χ3n) is 3.81. The van der Waals surface area contributed by atoms with Gasteiger partial charge in [0.05, 0.1) is 19.5 Å². The second kappa shape index (κ2) is 7.64. The average molecular weight is 348 g/mol. The van der Waals surface area contributed by atoms with Gasteiger partial charge in [0.25, 0.3) is 0 Å². The van der Waals surface area contributed by atoms with Crippen molar-refractivity contribution in [1.29, 1.82) is 0 Å². The van der Waals surface area contributed by atoms with Gasteiger partial charge in [-0.25, -0.2) is 12.7 Å². The minimum absolute atomic E-state index is 0.113. The number of hydrogen-bond acceptors (Lipinski definition) is 4. The van der Waals surface area contributed by atoms with E-state index in [0.29, 0.717) is 42.6 Å². The number of halogens is 1. The molecule has 1 fully saturated rings. The molecule has 1 aliphatic heterocycles. The fraction of sp³-hybridized carbons (Fsp3) is 0.600. The van der Waals surface area contributed by atoms with Gasteiger partial charge in [-0.1, -0.05) is 18.5 Å². The lowest BCUT2D eigenvalue weighted by molar-refractivity contribution is 0.181. The molecule has 0 bridgehead atoms. The predicted octanol–water partition coefficient (Wildman–Crippen LogP) is 2.54. The van der Waals surface area contributed by atoms with E-state index in [0.717, 1.165) is 6.42 Å². The van der Waals surface area contributed by atoms with E-state index in [2.05, 4.69) is 0 Å². The number of rotatable bonds is 7. The molecule has 1 atom stereocenters. The Kier molecular flexibility index (Phi) is 6.09. The molecule has 0 radical (unpaired) electrons. The maximum atomic E-state index is 12.7. The second-order valence-electron chi connectivity index (χ2n) is 5.39. The molecule has 1 heterocycles. The third-order valence-corrected chi connectivity index (χ3v) is 5.92. The van der Waals surface area contributed by atoms with Gasteiger partial charge in [0, 0.05) is 30.3 Å². The summed E-state index contributed by atoms with van der Waals surface area (Å²) in [5, 5.41) is 0.498. The van der Waals surface area contributed by atoms with Crippen molar-refractivity contribution in [3.8, 4) is 5.75 Å². The molecule has 0 unspecified atom stereocenters. The maximum Gasteiger partial charge on any atom is 0.218 e. The zero-order valence-electron chi connectivity index (χ0n) is 12.9. The van der Waals surface area contributed by atoms with E-state index in [9.17, 15) is 8.42 Å². The maximum absolute atomic E-state index is 12.7. The molecule has 0 spiro atoms. The van der Waals surface area contributed by atoms with E-state index >= 15 is 0 Å². The summed E-state index contributed by atoms with van der Waals surface area (Å²) in [6, 6.07) is 5.02. The lowest BCUT2D eigenvalue weighted by atomic mass is 10.1. The first-order valence-corrected chi connectivity index (χ1v) is 9.33. The summed E-state index contributed by atoms with van der Waals surface area (Å²) in [7, 11) is -1.90. The summed E-state index contributed by atoms with van der Waals surface area (Å²) in [6.45, 7) is 4.14. The van der Waals surface area contributed by atoms with Gasteiger partial charge in [-0.15, -0.1) is 0 Å².